The number of ether oxygens (including phenoxy) is 1. The van der Waals surface area contributed by atoms with Crippen LogP contribution in [0.1, 0.15) is 15.9 Å². The highest BCUT2D eigenvalue weighted by Crippen LogP contribution is 2.30. The summed E-state index contributed by atoms with van der Waals surface area (Å²) in [4.78, 5) is 12.2. The second-order valence-electron chi connectivity index (χ2n) is 4.96. The largest absolute Gasteiger partial charge is 0.497 e. The topological polar surface area (TPSA) is 77.2 Å². The fourth-order valence-electron chi connectivity index (χ4n) is 2.25. The Labute approximate surface area is 133 Å². The lowest BCUT2D eigenvalue weighted by atomic mass is 10.1. The van der Waals surface area contributed by atoms with E-state index in [9.17, 15) is 4.79 Å². The minimum absolute atomic E-state index is 0.270. The molecule has 6 heteroatoms. The van der Waals surface area contributed by atoms with E-state index >= 15 is 0 Å². The molecule has 1 amide bonds. The molecule has 0 aliphatic rings. The average molecular weight is 309 g/mol. The maximum Gasteiger partial charge on any atom is 0.256 e. The summed E-state index contributed by atoms with van der Waals surface area (Å²) in [6.45, 7) is 1.93. The first kappa shape index (κ1) is 14.8. The summed E-state index contributed by atoms with van der Waals surface area (Å²) in [6.07, 6.45) is 0. The van der Waals surface area contributed by atoms with Crippen LogP contribution < -0.4 is 10.1 Å². The third-order valence-corrected chi connectivity index (χ3v) is 3.45. The van der Waals surface area contributed by atoms with Crippen LogP contribution in [0.3, 0.4) is 0 Å². The molecule has 0 saturated carbocycles. The number of carbonyl (C=O) groups excluding carboxylic acids is 1. The third kappa shape index (κ3) is 3.06. The standard InChI is InChI=1S/C17H15N3O3/c1-11-10-13(22-2)8-9-14(11)15-16(20-23-19-15)18-17(21)12-6-4-3-5-7-12/h3-10H,1-2H3,(H,18,20,21). The predicted octanol–water partition coefficient (Wildman–Crippen LogP) is 3.31. The molecule has 1 N–H and O–H groups in total. The molecule has 0 unspecified atom stereocenters. The number of aryl methyl sites for hydroxylation is 1. The number of amides is 1. The number of nitrogens with one attached hydrogen (secondary N) is 1. The van der Waals surface area contributed by atoms with E-state index in [-0.39, 0.29) is 11.7 Å². The van der Waals surface area contributed by atoms with Crippen LogP contribution in [0.5, 0.6) is 5.75 Å². The van der Waals surface area contributed by atoms with Crippen molar-refractivity contribution < 1.29 is 14.2 Å². The van der Waals surface area contributed by atoms with Gasteiger partial charge in [-0.3, -0.25) is 4.79 Å². The van der Waals surface area contributed by atoms with Crippen LogP contribution in [-0.2, 0) is 0 Å². The molecule has 0 aliphatic carbocycles. The Balaban J connectivity index is 1.90. The summed E-state index contributed by atoms with van der Waals surface area (Å²) >= 11 is 0. The number of benzene rings is 2. The summed E-state index contributed by atoms with van der Waals surface area (Å²) in [5, 5.41) is 10.4. The highest BCUT2D eigenvalue weighted by Gasteiger charge is 2.17. The minimum Gasteiger partial charge on any atom is -0.497 e. The number of carbonyl (C=O) groups is 1. The zero-order valence-corrected chi connectivity index (χ0v) is 12.7. The number of nitrogens with zero attached hydrogens (tertiary/aromatic N) is 2. The number of anilines is 1. The Morgan fingerprint density at radius 1 is 1.13 bits per heavy atom. The first-order valence-electron chi connectivity index (χ1n) is 7.03. The molecule has 0 atom stereocenters. The van der Waals surface area contributed by atoms with Gasteiger partial charge in [0.2, 0.25) is 5.82 Å². The highest BCUT2D eigenvalue weighted by atomic mass is 16.6. The summed E-state index contributed by atoms with van der Waals surface area (Å²) in [7, 11) is 1.61. The van der Waals surface area contributed by atoms with Crippen LogP contribution in [0.25, 0.3) is 11.3 Å². The predicted molar refractivity (Wildman–Crippen MR) is 85.4 cm³/mol. The van der Waals surface area contributed by atoms with E-state index in [2.05, 4.69) is 15.6 Å². The molecular formula is C17H15N3O3. The highest BCUT2D eigenvalue weighted by molar-refractivity contribution is 6.05. The van der Waals surface area contributed by atoms with Gasteiger partial charge in [-0.15, -0.1) is 0 Å². The van der Waals surface area contributed by atoms with Crippen molar-refractivity contribution in [3.05, 3.63) is 59.7 Å². The molecule has 0 saturated heterocycles. The second kappa shape index (κ2) is 6.31. The third-order valence-electron chi connectivity index (χ3n) is 3.45. The second-order valence-corrected chi connectivity index (χ2v) is 4.96. The number of methoxy groups -OCH3 is 1. The first-order chi connectivity index (χ1) is 11.2. The maximum atomic E-state index is 12.2. The van der Waals surface area contributed by atoms with Gasteiger partial charge in [0.1, 0.15) is 5.75 Å². The molecule has 116 valence electrons. The van der Waals surface area contributed by atoms with Crippen LogP contribution in [0, 0.1) is 6.92 Å². The van der Waals surface area contributed by atoms with Crippen molar-refractivity contribution in [2.45, 2.75) is 6.92 Å². The normalized spacial score (nSPS) is 10.3. The molecule has 6 nitrogen and oxygen atoms in total. The molecule has 0 spiro atoms. The quantitative estimate of drug-likeness (QED) is 0.800. The van der Waals surface area contributed by atoms with Gasteiger partial charge >= 0.3 is 0 Å². The van der Waals surface area contributed by atoms with Gasteiger partial charge in [0.15, 0.2) is 5.69 Å². The molecule has 23 heavy (non-hydrogen) atoms. The summed E-state index contributed by atoms with van der Waals surface area (Å²) in [5.74, 6) is 0.762. The van der Waals surface area contributed by atoms with E-state index in [0.717, 1.165) is 16.9 Å². The fourth-order valence-corrected chi connectivity index (χ4v) is 2.25. The lowest BCUT2D eigenvalue weighted by molar-refractivity contribution is 0.102. The van der Waals surface area contributed by atoms with Gasteiger partial charge in [-0.2, -0.15) is 0 Å². The van der Waals surface area contributed by atoms with Crippen LogP contribution in [0.15, 0.2) is 53.2 Å². The van der Waals surface area contributed by atoms with Gasteiger partial charge in [-0.1, -0.05) is 18.2 Å². The van der Waals surface area contributed by atoms with Crippen molar-refractivity contribution >= 4 is 11.7 Å². The molecule has 2 aromatic carbocycles. The summed E-state index contributed by atoms with van der Waals surface area (Å²) in [6, 6.07) is 14.4. The molecule has 1 heterocycles. The summed E-state index contributed by atoms with van der Waals surface area (Å²) < 4.78 is 9.99. The van der Waals surface area contributed by atoms with E-state index in [1.54, 1.807) is 31.4 Å². The number of hydrogen-bond donors (Lipinski definition) is 1. The molecule has 0 radical (unpaired) electrons. The zero-order valence-electron chi connectivity index (χ0n) is 12.7. The van der Waals surface area contributed by atoms with Crippen molar-refractivity contribution in [2.75, 3.05) is 12.4 Å². The average Bonchev–Trinajstić information content (AvgIpc) is 3.03. The van der Waals surface area contributed by atoms with Crippen LogP contribution in [0.2, 0.25) is 0 Å². The molecule has 0 bridgehead atoms. The van der Waals surface area contributed by atoms with Crippen LogP contribution >= 0.6 is 0 Å². The van der Waals surface area contributed by atoms with Crippen molar-refractivity contribution in [2.24, 2.45) is 0 Å². The zero-order chi connectivity index (χ0) is 16.2. The van der Waals surface area contributed by atoms with Crippen molar-refractivity contribution in [1.29, 1.82) is 0 Å². The van der Waals surface area contributed by atoms with Gasteiger partial charge in [0.25, 0.3) is 5.91 Å². The van der Waals surface area contributed by atoms with E-state index < -0.39 is 0 Å². The van der Waals surface area contributed by atoms with Crippen LogP contribution in [0.4, 0.5) is 5.82 Å². The summed E-state index contributed by atoms with van der Waals surface area (Å²) in [5.41, 5.74) is 2.77. The number of hydrogen-bond acceptors (Lipinski definition) is 5. The van der Waals surface area contributed by atoms with Crippen molar-refractivity contribution in [3.63, 3.8) is 0 Å². The Hall–Kier alpha value is -3.15. The maximum absolute atomic E-state index is 12.2. The van der Waals surface area contributed by atoms with E-state index in [1.165, 1.54) is 0 Å². The molecule has 0 fully saturated rings. The molecular weight excluding hydrogens is 294 g/mol. The van der Waals surface area contributed by atoms with Crippen molar-refractivity contribution in [1.82, 2.24) is 10.3 Å². The van der Waals surface area contributed by atoms with Crippen LogP contribution in [-0.4, -0.2) is 23.3 Å². The minimum atomic E-state index is -0.270. The Kier molecular flexibility index (Phi) is 4.05. The lowest BCUT2D eigenvalue weighted by Crippen LogP contribution is -2.12. The van der Waals surface area contributed by atoms with E-state index in [1.807, 2.05) is 31.2 Å². The number of rotatable bonds is 4. The SMILES string of the molecule is COc1ccc(-c2nonc2NC(=O)c2ccccc2)c(C)c1. The number of aromatic nitrogens is 2. The molecule has 0 aliphatic heterocycles. The first-order valence-corrected chi connectivity index (χ1v) is 7.03. The van der Waals surface area contributed by atoms with Crippen molar-refractivity contribution in [3.8, 4) is 17.0 Å². The fraction of sp³-hybridized carbons (Fsp3) is 0.118. The van der Waals surface area contributed by atoms with Gasteiger partial charge in [0, 0.05) is 11.1 Å². The molecule has 3 rings (SSSR count). The monoisotopic (exact) mass is 309 g/mol. The Bertz CT molecular complexity index is 828. The molecule has 3 aromatic rings. The Morgan fingerprint density at radius 2 is 1.91 bits per heavy atom. The Morgan fingerprint density at radius 3 is 2.61 bits per heavy atom. The van der Waals surface area contributed by atoms with Gasteiger partial charge in [0.05, 0.1) is 7.11 Å². The van der Waals surface area contributed by atoms with Gasteiger partial charge in [-0.05, 0) is 53.1 Å². The lowest BCUT2D eigenvalue weighted by Gasteiger charge is -2.07. The van der Waals surface area contributed by atoms with Gasteiger partial charge in [-0.25, -0.2) is 4.63 Å². The molecule has 1 aromatic heterocycles. The van der Waals surface area contributed by atoms with E-state index in [0.29, 0.717) is 11.3 Å². The smallest absolute Gasteiger partial charge is 0.256 e. The van der Waals surface area contributed by atoms with Gasteiger partial charge < -0.3 is 10.1 Å². The van der Waals surface area contributed by atoms with E-state index in [4.69, 9.17) is 9.37 Å².